The van der Waals surface area contributed by atoms with E-state index >= 15 is 0 Å². The monoisotopic (exact) mass is 284 g/mol. The molecule has 0 fully saturated rings. The van der Waals surface area contributed by atoms with Crippen LogP contribution in [0.3, 0.4) is 0 Å². The zero-order valence-corrected chi connectivity index (χ0v) is 10.5. The number of hydrogen-bond donors (Lipinski definition) is 1. The molecule has 3 rings (SSSR count). The molecule has 0 spiro atoms. The van der Waals surface area contributed by atoms with Gasteiger partial charge in [0, 0.05) is 36.3 Å². The van der Waals surface area contributed by atoms with Crippen LogP contribution in [0.5, 0.6) is 0 Å². The highest BCUT2D eigenvalue weighted by Gasteiger charge is 2.14. The summed E-state index contributed by atoms with van der Waals surface area (Å²) in [5.41, 5.74) is 1.22. The second kappa shape index (κ2) is 4.67. The number of nitrogens with zero attached hydrogens (tertiary/aromatic N) is 4. The van der Waals surface area contributed by atoms with Crippen molar-refractivity contribution in [3.05, 3.63) is 58.7 Å². The zero-order chi connectivity index (χ0) is 15.0. The van der Waals surface area contributed by atoms with E-state index in [1.807, 2.05) is 0 Å². The highest BCUT2D eigenvalue weighted by atomic mass is 16.6. The van der Waals surface area contributed by atoms with Crippen LogP contribution in [0, 0.1) is 10.1 Å². The Kier molecular flexibility index (Phi) is 2.83. The number of carboxylic acids is 1. The molecule has 1 N–H and O–H groups in total. The fourth-order valence-corrected chi connectivity index (χ4v) is 1.96. The van der Waals surface area contributed by atoms with Crippen LogP contribution in [-0.2, 0) is 0 Å². The van der Waals surface area contributed by atoms with Crippen molar-refractivity contribution < 1.29 is 14.8 Å². The quantitative estimate of drug-likeness (QED) is 0.581. The lowest BCUT2D eigenvalue weighted by atomic mass is 10.1. The molecule has 1 aromatic carbocycles. The molecule has 0 radical (unpaired) electrons. The van der Waals surface area contributed by atoms with Gasteiger partial charge in [-0.1, -0.05) is 0 Å². The number of fused-ring (bicyclic) bond motifs is 1. The largest absolute Gasteiger partial charge is 0.476 e. The minimum atomic E-state index is -1.17. The number of aromatic nitrogens is 3. The topological polar surface area (TPSA) is 111 Å². The number of non-ortho nitro benzene ring substituents is 1. The summed E-state index contributed by atoms with van der Waals surface area (Å²) in [5.74, 6) is -1.17. The Hall–Kier alpha value is -3.29. The number of hydrogen-bond acceptors (Lipinski definition) is 5. The number of nitro benzene ring substituents is 1. The third kappa shape index (κ3) is 2.18. The van der Waals surface area contributed by atoms with Gasteiger partial charge in [-0.25, -0.2) is 14.8 Å². The summed E-state index contributed by atoms with van der Waals surface area (Å²) in [4.78, 5) is 29.2. The molecule has 0 amide bonds. The summed E-state index contributed by atoms with van der Waals surface area (Å²) in [6.07, 6.45) is 4.60. The van der Waals surface area contributed by atoms with Gasteiger partial charge < -0.3 is 9.51 Å². The van der Waals surface area contributed by atoms with Crippen LogP contribution >= 0.6 is 0 Å². The Labute approximate surface area is 117 Å². The van der Waals surface area contributed by atoms with Gasteiger partial charge in [-0.05, 0) is 12.1 Å². The molecule has 104 valence electrons. The van der Waals surface area contributed by atoms with Crippen LogP contribution in [0.25, 0.3) is 16.9 Å². The number of carbonyl (C=O) groups is 1. The lowest BCUT2D eigenvalue weighted by molar-refractivity contribution is -0.384. The Bertz CT molecular complexity index is 854. The number of benzene rings is 1. The normalized spacial score (nSPS) is 10.7. The lowest BCUT2D eigenvalue weighted by Crippen LogP contribution is -2.03. The minimum absolute atomic E-state index is 0.0181. The van der Waals surface area contributed by atoms with Gasteiger partial charge in [0.25, 0.3) is 5.69 Å². The van der Waals surface area contributed by atoms with Crippen molar-refractivity contribution in [3.8, 4) is 11.3 Å². The third-order valence-electron chi connectivity index (χ3n) is 2.95. The number of nitro groups is 1. The Morgan fingerprint density at radius 3 is 2.62 bits per heavy atom. The maximum absolute atomic E-state index is 11.1. The van der Waals surface area contributed by atoms with Crippen LogP contribution in [0.1, 0.15) is 10.5 Å². The third-order valence-corrected chi connectivity index (χ3v) is 2.95. The lowest BCUT2D eigenvalue weighted by Gasteiger charge is -1.95. The van der Waals surface area contributed by atoms with Gasteiger partial charge in [0.05, 0.1) is 10.6 Å². The zero-order valence-electron chi connectivity index (χ0n) is 10.5. The van der Waals surface area contributed by atoms with E-state index in [0.29, 0.717) is 11.3 Å². The first-order chi connectivity index (χ1) is 10.1. The fraction of sp³-hybridized carbons (Fsp3) is 0. The van der Waals surface area contributed by atoms with Crippen LogP contribution in [0.2, 0.25) is 0 Å². The standard InChI is InChI=1S/C13H8N4O4/c18-13(19)11-12-15-10(7-16(12)6-5-14-11)8-1-3-9(4-2-8)17(20)21/h1-7H,(H,18,19). The molecule has 0 bridgehead atoms. The van der Waals surface area contributed by atoms with E-state index in [1.54, 1.807) is 28.9 Å². The Morgan fingerprint density at radius 1 is 1.29 bits per heavy atom. The highest BCUT2D eigenvalue weighted by Crippen LogP contribution is 2.22. The molecule has 2 heterocycles. The predicted octanol–water partition coefficient (Wildman–Crippen LogP) is 2.00. The second-order valence-corrected chi connectivity index (χ2v) is 4.24. The van der Waals surface area contributed by atoms with Gasteiger partial charge in [-0.3, -0.25) is 10.1 Å². The van der Waals surface area contributed by atoms with Gasteiger partial charge in [0.2, 0.25) is 0 Å². The van der Waals surface area contributed by atoms with E-state index in [4.69, 9.17) is 5.11 Å². The van der Waals surface area contributed by atoms with Crippen LogP contribution in [-0.4, -0.2) is 30.4 Å². The average molecular weight is 284 g/mol. The first-order valence-electron chi connectivity index (χ1n) is 5.88. The SMILES string of the molecule is O=C(O)c1nccn2cc(-c3ccc([N+](=O)[O-])cc3)nc12. The van der Waals surface area contributed by atoms with Crippen molar-refractivity contribution in [1.82, 2.24) is 14.4 Å². The highest BCUT2D eigenvalue weighted by molar-refractivity contribution is 5.92. The van der Waals surface area contributed by atoms with E-state index in [9.17, 15) is 14.9 Å². The summed E-state index contributed by atoms with van der Waals surface area (Å²) in [6.45, 7) is 0. The molecule has 0 unspecified atom stereocenters. The van der Waals surface area contributed by atoms with E-state index in [-0.39, 0.29) is 17.0 Å². The molecule has 2 aromatic heterocycles. The Morgan fingerprint density at radius 2 is 2.00 bits per heavy atom. The van der Waals surface area contributed by atoms with Crippen molar-refractivity contribution in [3.63, 3.8) is 0 Å². The van der Waals surface area contributed by atoms with E-state index < -0.39 is 10.9 Å². The molecule has 3 aromatic rings. The average Bonchev–Trinajstić information content (AvgIpc) is 2.90. The van der Waals surface area contributed by atoms with Crippen molar-refractivity contribution in [1.29, 1.82) is 0 Å². The number of aromatic carboxylic acids is 1. The van der Waals surface area contributed by atoms with Gasteiger partial charge in [-0.15, -0.1) is 0 Å². The number of rotatable bonds is 3. The maximum Gasteiger partial charge on any atom is 0.358 e. The van der Waals surface area contributed by atoms with Gasteiger partial charge in [-0.2, -0.15) is 0 Å². The van der Waals surface area contributed by atoms with Crippen molar-refractivity contribution in [2.24, 2.45) is 0 Å². The molecule has 0 aliphatic heterocycles. The van der Waals surface area contributed by atoms with Crippen LogP contribution in [0.15, 0.2) is 42.9 Å². The van der Waals surface area contributed by atoms with Crippen molar-refractivity contribution >= 4 is 17.3 Å². The summed E-state index contributed by atoms with van der Waals surface area (Å²) in [5, 5.41) is 19.7. The molecule has 21 heavy (non-hydrogen) atoms. The smallest absolute Gasteiger partial charge is 0.358 e. The summed E-state index contributed by atoms with van der Waals surface area (Å²) >= 11 is 0. The van der Waals surface area contributed by atoms with Gasteiger partial charge in [0.1, 0.15) is 0 Å². The molecule has 0 saturated heterocycles. The number of imidazole rings is 1. The second-order valence-electron chi connectivity index (χ2n) is 4.24. The molecule has 0 aliphatic rings. The van der Waals surface area contributed by atoms with Crippen molar-refractivity contribution in [2.45, 2.75) is 0 Å². The Balaban J connectivity index is 2.11. The van der Waals surface area contributed by atoms with E-state index in [2.05, 4.69) is 9.97 Å². The van der Waals surface area contributed by atoms with Crippen molar-refractivity contribution in [2.75, 3.05) is 0 Å². The molecule has 8 nitrogen and oxygen atoms in total. The van der Waals surface area contributed by atoms with E-state index in [1.165, 1.54) is 18.3 Å². The molecule has 0 atom stereocenters. The molecule has 0 saturated carbocycles. The van der Waals surface area contributed by atoms with Gasteiger partial charge in [0.15, 0.2) is 11.3 Å². The first kappa shape index (κ1) is 12.7. The first-order valence-corrected chi connectivity index (χ1v) is 5.88. The number of carboxylic acid groups (broad SMARTS) is 1. The van der Waals surface area contributed by atoms with Crippen LogP contribution < -0.4 is 0 Å². The minimum Gasteiger partial charge on any atom is -0.476 e. The maximum atomic E-state index is 11.1. The summed E-state index contributed by atoms with van der Waals surface area (Å²) in [6, 6.07) is 5.87. The summed E-state index contributed by atoms with van der Waals surface area (Å²) in [7, 11) is 0. The van der Waals surface area contributed by atoms with Gasteiger partial charge >= 0.3 is 5.97 Å². The van der Waals surface area contributed by atoms with Crippen LogP contribution in [0.4, 0.5) is 5.69 Å². The summed E-state index contributed by atoms with van der Waals surface area (Å²) < 4.78 is 1.55. The molecule has 8 heteroatoms. The molecule has 0 aliphatic carbocycles. The fourth-order valence-electron chi connectivity index (χ4n) is 1.96. The van der Waals surface area contributed by atoms with E-state index in [0.717, 1.165) is 0 Å². The predicted molar refractivity (Wildman–Crippen MR) is 72.0 cm³/mol. The molecular formula is C13H8N4O4. The molecular weight excluding hydrogens is 276 g/mol.